The van der Waals surface area contributed by atoms with E-state index in [4.69, 9.17) is 21.2 Å². The van der Waals surface area contributed by atoms with Gasteiger partial charge in [0.05, 0.1) is 11.7 Å². The Labute approximate surface area is 229 Å². The molecule has 1 saturated heterocycles. The predicted molar refractivity (Wildman–Crippen MR) is 156 cm³/mol. The molecule has 3 aromatic carbocycles. The SMILES string of the molecule is N/N=C(/C(CCc1ccccc1)N1CCC(c2c[nH]c3ccccc23)CC1)N(N)c1ccc2c(c1)OCCO2. The number of H-pyrrole nitrogens is 1. The summed E-state index contributed by atoms with van der Waals surface area (Å²) in [6.45, 7) is 2.95. The molecule has 2 aliphatic rings. The summed E-state index contributed by atoms with van der Waals surface area (Å²) < 4.78 is 11.5. The van der Waals surface area contributed by atoms with Crippen molar-refractivity contribution in [2.75, 3.05) is 31.3 Å². The van der Waals surface area contributed by atoms with Crippen molar-refractivity contribution in [3.05, 3.63) is 90.1 Å². The summed E-state index contributed by atoms with van der Waals surface area (Å²) in [7, 11) is 0. The molecule has 1 aromatic heterocycles. The van der Waals surface area contributed by atoms with Crippen LogP contribution in [0.1, 0.15) is 36.3 Å². The minimum absolute atomic E-state index is 0.0303. The van der Waals surface area contributed by atoms with Gasteiger partial charge in [-0.05, 0) is 74.0 Å². The summed E-state index contributed by atoms with van der Waals surface area (Å²) in [6, 6.07) is 24.8. The topological polar surface area (TPSA) is 105 Å². The van der Waals surface area contributed by atoms with E-state index in [0.29, 0.717) is 30.7 Å². The Balaban J connectivity index is 1.23. The smallest absolute Gasteiger partial charge is 0.163 e. The van der Waals surface area contributed by atoms with E-state index in [9.17, 15) is 0 Å². The fourth-order valence-corrected chi connectivity index (χ4v) is 6.00. The number of piperidine rings is 1. The Hall–Kier alpha value is -4.01. The van der Waals surface area contributed by atoms with E-state index in [1.165, 1.54) is 22.0 Å². The molecule has 1 atom stereocenters. The van der Waals surface area contributed by atoms with Crippen LogP contribution in [0, 0.1) is 0 Å². The second-order valence-corrected chi connectivity index (χ2v) is 10.3. The zero-order chi connectivity index (χ0) is 26.6. The van der Waals surface area contributed by atoms with Crippen LogP contribution in [-0.4, -0.2) is 48.1 Å². The minimum atomic E-state index is -0.0303. The molecule has 202 valence electrons. The Morgan fingerprint density at radius 1 is 0.974 bits per heavy atom. The predicted octanol–water partition coefficient (Wildman–Crippen LogP) is 4.77. The number of hydrogen-bond donors (Lipinski definition) is 3. The lowest BCUT2D eigenvalue weighted by molar-refractivity contribution is 0.171. The van der Waals surface area contributed by atoms with E-state index >= 15 is 0 Å². The first-order valence-electron chi connectivity index (χ1n) is 13.8. The average molecular weight is 525 g/mol. The van der Waals surface area contributed by atoms with Crippen molar-refractivity contribution in [2.45, 2.75) is 37.6 Å². The fourth-order valence-electron chi connectivity index (χ4n) is 6.00. The third-order valence-electron chi connectivity index (χ3n) is 8.06. The van der Waals surface area contributed by atoms with Gasteiger partial charge in [-0.3, -0.25) is 9.91 Å². The van der Waals surface area contributed by atoms with Gasteiger partial charge in [0.1, 0.15) is 13.2 Å². The second kappa shape index (κ2) is 11.4. The molecule has 0 amide bonds. The van der Waals surface area contributed by atoms with Crippen LogP contribution in [-0.2, 0) is 6.42 Å². The van der Waals surface area contributed by atoms with Gasteiger partial charge < -0.3 is 20.3 Å². The molecule has 5 N–H and O–H groups in total. The number of aryl methyl sites for hydroxylation is 1. The molecule has 39 heavy (non-hydrogen) atoms. The third kappa shape index (κ3) is 5.30. The lowest BCUT2D eigenvalue weighted by atomic mass is 9.88. The number of fused-ring (bicyclic) bond motifs is 2. The highest BCUT2D eigenvalue weighted by atomic mass is 16.6. The monoisotopic (exact) mass is 524 g/mol. The van der Waals surface area contributed by atoms with Gasteiger partial charge >= 0.3 is 0 Å². The summed E-state index contributed by atoms with van der Waals surface area (Å²) in [5.41, 5.74) is 4.67. The molecule has 0 bridgehead atoms. The summed E-state index contributed by atoms with van der Waals surface area (Å²) in [4.78, 5) is 5.95. The highest BCUT2D eigenvalue weighted by Gasteiger charge is 2.32. The van der Waals surface area contributed by atoms with Crippen molar-refractivity contribution in [3.8, 4) is 11.5 Å². The number of para-hydroxylation sites is 1. The molecule has 3 heterocycles. The number of nitrogens with one attached hydrogen (secondary N) is 1. The van der Waals surface area contributed by atoms with Crippen molar-refractivity contribution in [2.24, 2.45) is 16.8 Å². The van der Waals surface area contributed by atoms with Gasteiger partial charge in [-0.15, -0.1) is 0 Å². The number of hydrazine groups is 1. The number of hydrazone groups is 1. The first-order chi connectivity index (χ1) is 19.2. The number of aromatic amines is 1. The van der Waals surface area contributed by atoms with Crippen LogP contribution < -0.4 is 26.2 Å². The Bertz CT molecular complexity index is 1430. The number of aromatic nitrogens is 1. The number of benzene rings is 3. The number of likely N-dealkylation sites (tertiary alicyclic amines) is 1. The van der Waals surface area contributed by atoms with E-state index in [-0.39, 0.29) is 6.04 Å². The lowest BCUT2D eigenvalue weighted by Crippen LogP contribution is -2.54. The number of anilines is 1. The van der Waals surface area contributed by atoms with Gasteiger partial charge in [-0.25, -0.2) is 5.84 Å². The molecule has 0 spiro atoms. The zero-order valence-corrected chi connectivity index (χ0v) is 22.1. The number of nitrogens with zero attached hydrogens (tertiary/aromatic N) is 3. The van der Waals surface area contributed by atoms with E-state index in [0.717, 1.165) is 50.2 Å². The van der Waals surface area contributed by atoms with Gasteiger partial charge in [-0.1, -0.05) is 48.5 Å². The molecule has 0 aliphatic carbocycles. The van der Waals surface area contributed by atoms with Crippen LogP contribution in [0.4, 0.5) is 5.69 Å². The van der Waals surface area contributed by atoms with Crippen molar-refractivity contribution in [3.63, 3.8) is 0 Å². The number of ether oxygens (including phenoxy) is 2. The van der Waals surface area contributed by atoms with Crippen molar-refractivity contribution in [1.29, 1.82) is 0 Å². The molecule has 0 radical (unpaired) electrons. The molecule has 2 aliphatic heterocycles. The van der Waals surface area contributed by atoms with Gasteiger partial charge in [0, 0.05) is 23.2 Å². The van der Waals surface area contributed by atoms with Crippen molar-refractivity contribution >= 4 is 22.4 Å². The maximum absolute atomic E-state index is 6.72. The van der Waals surface area contributed by atoms with Crippen LogP contribution in [0.15, 0.2) is 84.1 Å². The van der Waals surface area contributed by atoms with Crippen molar-refractivity contribution < 1.29 is 9.47 Å². The summed E-state index contributed by atoms with van der Waals surface area (Å²) >= 11 is 0. The highest BCUT2D eigenvalue weighted by Crippen LogP contribution is 2.36. The maximum Gasteiger partial charge on any atom is 0.163 e. The number of rotatable bonds is 7. The molecule has 8 nitrogen and oxygen atoms in total. The van der Waals surface area contributed by atoms with Crippen LogP contribution in [0.3, 0.4) is 0 Å². The lowest BCUT2D eigenvalue weighted by Gasteiger charge is -2.39. The number of hydrogen-bond acceptors (Lipinski definition) is 6. The Kier molecular flexibility index (Phi) is 7.38. The Morgan fingerprint density at radius 3 is 2.51 bits per heavy atom. The van der Waals surface area contributed by atoms with Crippen LogP contribution in [0.25, 0.3) is 10.9 Å². The first kappa shape index (κ1) is 25.3. The van der Waals surface area contributed by atoms with Gasteiger partial charge in [-0.2, -0.15) is 5.10 Å². The quantitative estimate of drug-likeness (QED) is 0.139. The third-order valence-corrected chi connectivity index (χ3v) is 8.06. The van der Waals surface area contributed by atoms with E-state index in [2.05, 4.69) is 69.7 Å². The van der Waals surface area contributed by atoms with E-state index in [1.807, 2.05) is 24.3 Å². The molecule has 1 fully saturated rings. The number of amidine groups is 1. The molecule has 4 aromatic rings. The first-order valence-corrected chi connectivity index (χ1v) is 13.8. The molecule has 1 unspecified atom stereocenters. The standard InChI is InChI=1S/C31H36N6O2/c32-35-31(37(33)24-11-13-29-30(20-24)39-19-18-38-29)28(12-10-22-6-2-1-3-7-22)36-16-14-23(15-17-36)26-21-34-27-9-5-4-8-25(26)27/h1-9,11,13,20-21,23,28,34H,10,12,14-19,32-33H2/b35-31-. The highest BCUT2D eigenvalue weighted by molar-refractivity contribution is 6.00. The largest absolute Gasteiger partial charge is 0.486 e. The molecule has 6 rings (SSSR count). The summed E-state index contributed by atoms with van der Waals surface area (Å²) in [5, 5.41) is 7.21. The fraction of sp³-hybridized carbons (Fsp3) is 0.323. The van der Waals surface area contributed by atoms with Gasteiger partial charge in [0.15, 0.2) is 17.3 Å². The molecule has 0 saturated carbocycles. The van der Waals surface area contributed by atoms with E-state index < -0.39 is 0 Å². The average Bonchev–Trinajstić information content (AvgIpc) is 3.44. The zero-order valence-electron chi connectivity index (χ0n) is 22.1. The van der Waals surface area contributed by atoms with Crippen LogP contribution >= 0.6 is 0 Å². The second-order valence-electron chi connectivity index (χ2n) is 10.3. The summed E-state index contributed by atoms with van der Waals surface area (Å²) in [5.74, 6) is 15.4. The van der Waals surface area contributed by atoms with Crippen molar-refractivity contribution in [1.82, 2.24) is 9.88 Å². The molecule has 8 heteroatoms. The Morgan fingerprint density at radius 2 is 1.72 bits per heavy atom. The molecular weight excluding hydrogens is 488 g/mol. The summed E-state index contributed by atoms with van der Waals surface area (Å²) in [6.07, 6.45) is 6.08. The van der Waals surface area contributed by atoms with Crippen LogP contribution in [0.5, 0.6) is 11.5 Å². The maximum atomic E-state index is 6.72. The van der Waals surface area contributed by atoms with E-state index in [1.54, 1.807) is 5.01 Å². The van der Waals surface area contributed by atoms with Crippen LogP contribution in [0.2, 0.25) is 0 Å². The molecular formula is C31H36N6O2. The normalized spacial score (nSPS) is 17.3. The number of nitrogens with two attached hydrogens (primary N) is 2. The van der Waals surface area contributed by atoms with Gasteiger partial charge in [0.2, 0.25) is 0 Å². The van der Waals surface area contributed by atoms with Gasteiger partial charge in [0.25, 0.3) is 0 Å². The minimum Gasteiger partial charge on any atom is -0.486 e.